The van der Waals surface area contributed by atoms with Gasteiger partial charge in [-0.15, -0.1) is 11.3 Å². The molecular formula is C32H41N5O5S2. The SMILES string of the molecule is CCCCc1ccc(OC)c(-c2csc(NC(=O)c3ccc(C(=O)N4CCC(N5CCC(NS(C)(=O)=O)C5)CC4)cc3)n2)c1. The first-order valence-electron chi connectivity index (χ1n) is 15.2. The lowest BCUT2D eigenvalue weighted by molar-refractivity contribution is 0.0642. The highest BCUT2D eigenvalue weighted by atomic mass is 32.2. The monoisotopic (exact) mass is 639 g/mol. The van der Waals surface area contributed by atoms with Crippen molar-refractivity contribution in [3.05, 3.63) is 64.5 Å². The lowest BCUT2D eigenvalue weighted by Gasteiger charge is -2.36. The summed E-state index contributed by atoms with van der Waals surface area (Å²) in [5, 5.41) is 5.29. The molecule has 236 valence electrons. The minimum Gasteiger partial charge on any atom is -0.496 e. The molecule has 1 atom stereocenters. The number of nitrogens with zero attached hydrogens (tertiary/aromatic N) is 3. The summed E-state index contributed by atoms with van der Waals surface area (Å²) in [5.74, 6) is 0.404. The maximum atomic E-state index is 13.2. The number of hydrogen-bond acceptors (Lipinski definition) is 8. The van der Waals surface area contributed by atoms with Crippen molar-refractivity contribution in [2.24, 2.45) is 0 Å². The fourth-order valence-electron chi connectivity index (χ4n) is 6.01. The van der Waals surface area contributed by atoms with Crippen LogP contribution in [0.25, 0.3) is 11.3 Å². The topological polar surface area (TPSA) is 121 Å². The summed E-state index contributed by atoms with van der Waals surface area (Å²) in [6, 6.07) is 13.2. The first-order chi connectivity index (χ1) is 21.1. The van der Waals surface area contributed by atoms with E-state index >= 15 is 0 Å². The molecule has 3 aromatic rings. The van der Waals surface area contributed by atoms with Gasteiger partial charge >= 0.3 is 0 Å². The Hall–Kier alpha value is -3.32. The third-order valence-electron chi connectivity index (χ3n) is 8.35. The highest BCUT2D eigenvalue weighted by molar-refractivity contribution is 7.88. The molecule has 0 bridgehead atoms. The van der Waals surface area contributed by atoms with Crippen LogP contribution in [0.4, 0.5) is 5.13 Å². The first-order valence-corrected chi connectivity index (χ1v) is 18.0. The van der Waals surface area contributed by atoms with Crippen molar-refractivity contribution in [3.8, 4) is 17.0 Å². The molecule has 2 N–H and O–H groups in total. The summed E-state index contributed by atoms with van der Waals surface area (Å²) in [6.45, 7) is 5.03. The second kappa shape index (κ2) is 14.2. The van der Waals surface area contributed by atoms with E-state index in [0.717, 1.165) is 62.1 Å². The molecule has 0 saturated carbocycles. The Morgan fingerprint density at radius 2 is 1.77 bits per heavy atom. The highest BCUT2D eigenvalue weighted by Gasteiger charge is 2.33. The molecule has 12 heteroatoms. The van der Waals surface area contributed by atoms with E-state index in [0.29, 0.717) is 41.9 Å². The first kappa shape index (κ1) is 32.1. The number of carbonyl (C=O) groups excluding carboxylic acids is 2. The smallest absolute Gasteiger partial charge is 0.257 e. The number of amides is 2. The number of nitrogens with one attached hydrogen (secondary N) is 2. The van der Waals surface area contributed by atoms with Gasteiger partial charge in [0.2, 0.25) is 10.0 Å². The maximum Gasteiger partial charge on any atom is 0.257 e. The van der Waals surface area contributed by atoms with Crippen LogP contribution in [-0.2, 0) is 16.4 Å². The van der Waals surface area contributed by atoms with Crippen LogP contribution in [0.5, 0.6) is 5.75 Å². The molecule has 0 aliphatic carbocycles. The Labute approximate surface area is 263 Å². The Bertz CT molecular complexity index is 1570. The van der Waals surface area contributed by atoms with Crippen LogP contribution in [0.2, 0.25) is 0 Å². The predicted octanol–water partition coefficient (Wildman–Crippen LogP) is 4.64. The van der Waals surface area contributed by atoms with Gasteiger partial charge in [0.25, 0.3) is 11.8 Å². The third kappa shape index (κ3) is 8.03. The Kier molecular flexibility index (Phi) is 10.3. The lowest BCUT2D eigenvalue weighted by atomic mass is 10.0. The van der Waals surface area contributed by atoms with Gasteiger partial charge in [0.1, 0.15) is 5.75 Å². The molecule has 1 aromatic heterocycles. The van der Waals surface area contributed by atoms with Crippen molar-refractivity contribution in [1.29, 1.82) is 0 Å². The molecule has 2 aliphatic rings. The predicted molar refractivity (Wildman–Crippen MR) is 174 cm³/mol. The van der Waals surface area contributed by atoms with E-state index in [4.69, 9.17) is 4.74 Å². The number of ether oxygens (including phenoxy) is 1. The fourth-order valence-corrected chi connectivity index (χ4v) is 7.52. The molecule has 10 nitrogen and oxygen atoms in total. The molecule has 5 rings (SSSR count). The van der Waals surface area contributed by atoms with Crippen molar-refractivity contribution in [2.75, 3.05) is 44.9 Å². The van der Waals surface area contributed by atoms with E-state index in [9.17, 15) is 18.0 Å². The Balaban J connectivity index is 1.14. The van der Waals surface area contributed by atoms with Gasteiger partial charge in [-0.2, -0.15) is 0 Å². The van der Waals surface area contributed by atoms with Gasteiger partial charge in [-0.25, -0.2) is 18.1 Å². The number of methoxy groups -OCH3 is 1. The van der Waals surface area contributed by atoms with Crippen LogP contribution in [-0.4, -0.2) is 86.6 Å². The van der Waals surface area contributed by atoms with Crippen LogP contribution in [0.3, 0.4) is 0 Å². The molecule has 44 heavy (non-hydrogen) atoms. The average Bonchev–Trinajstić information content (AvgIpc) is 3.68. The molecule has 0 spiro atoms. The van der Waals surface area contributed by atoms with Gasteiger partial charge in [-0.05, 0) is 74.1 Å². The fraction of sp³-hybridized carbons (Fsp3) is 0.469. The molecule has 2 aromatic carbocycles. The zero-order valence-corrected chi connectivity index (χ0v) is 27.2. The summed E-state index contributed by atoms with van der Waals surface area (Å²) < 4.78 is 31.4. The standard InChI is InChI=1S/C32H41N5O5S2/c1-4-5-6-22-7-12-29(42-2)27(19-22)28-21-43-32(33-28)34-30(38)23-8-10-24(11-9-23)31(39)36-17-14-26(15-18-36)37-16-13-25(20-37)35-44(3,40)41/h7-12,19,21,25-26,35H,4-6,13-18,20H2,1-3H3,(H,33,34,38). The summed E-state index contributed by atoms with van der Waals surface area (Å²) >= 11 is 1.36. The van der Waals surface area contributed by atoms with E-state index in [-0.39, 0.29) is 17.9 Å². The molecule has 1 unspecified atom stereocenters. The van der Waals surface area contributed by atoms with Crippen LogP contribution in [0.1, 0.15) is 65.3 Å². The van der Waals surface area contributed by atoms with E-state index in [1.54, 1.807) is 31.4 Å². The quantitative estimate of drug-likeness (QED) is 0.314. The number of anilines is 1. The summed E-state index contributed by atoms with van der Waals surface area (Å²) in [5.41, 5.74) is 3.87. The van der Waals surface area contributed by atoms with Gasteiger partial charge in [0.05, 0.1) is 19.1 Å². The third-order valence-corrected chi connectivity index (χ3v) is 9.87. The van der Waals surface area contributed by atoms with Gasteiger partial charge in [0, 0.05) is 60.3 Å². The largest absolute Gasteiger partial charge is 0.496 e. The normalized spacial score (nSPS) is 18.0. The summed E-state index contributed by atoms with van der Waals surface area (Å²) in [4.78, 5) is 35.0. The van der Waals surface area contributed by atoms with Crippen LogP contribution >= 0.6 is 11.3 Å². The number of rotatable bonds is 11. The number of aromatic nitrogens is 1. The summed E-state index contributed by atoms with van der Waals surface area (Å²) in [6.07, 6.45) is 6.92. The van der Waals surface area contributed by atoms with E-state index in [1.165, 1.54) is 23.2 Å². The van der Waals surface area contributed by atoms with Gasteiger partial charge in [-0.3, -0.25) is 19.8 Å². The second-order valence-corrected chi connectivity index (χ2v) is 14.2. The van der Waals surface area contributed by atoms with Crippen LogP contribution in [0, 0.1) is 0 Å². The number of benzene rings is 2. The minimum atomic E-state index is -3.21. The Morgan fingerprint density at radius 3 is 2.45 bits per heavy atom. The lowest BCUT2D eigenvalue weighted by Crippen LogP contribution is -2.47. The van der Waals surface area contributed by atoms with Crippen molar-refractivity contribution in [3.63, 3.8) is 0 Å². The van der Waals surface area contributed by atoms with Crippen molar-refractivity contribution < 1.29 is 22.7 Å². The molecule has 2 aliphatic heterocycles. The van der Waals surface area contributed by atoms with E-state index < -0.39 is 10.0 Å². The van der Waals surface area contributed by atoms with Crippen LogP contribution in [0.15, 0.2) is 47.8 Å². The van der Waals surface area contributed by atoms with Gasteiger partial charge < -0.3 is 9.64 Å². The minimum absolute atomic E-state index is 0.0473. The molecule has 2 saturated heterocycles. The molecule has 2 fully saturated rings. The van der Waals surface area contributed by atoms with Gasteiger partial charge in [0.15, 0.2) is 5.13 Å². The molecular weight excluding hydrogens is 599 g/mol. The van der Waals surface area contributed by atoms with Gasteiger partial charge in [-0.1, -0.05) is 19.4 Å². The summed E-state index contributed by atoms with van der Waals surface area (Å²) in [7, 11) is -1.57. The number of hydrogen-bond donors (Lipinski definition) is 2. The number of unbranched alkanes of at least 4 members (excludes halogenated alkanes) is 1. The number of likely N-dealkylation sites (tertiary alicyclic amines) is 2. The number of thiazole rings is 1. The number of aryl methyl sites for hydroxylation is 1. The zero-order chi connectivity index (χ0) is 31.3. The highest BCUT2D eigenvalue weighted by Crippen LogP contribution is 2.33. The number of sulfonamides is 1. The molecule has 3 heterocycles. The average molecular weight is 640 g/mol. The number of carbonyl (C=O) groups is 2. The maximum absolute atomic E-state index is 13.2. The van der Waals surface area contributed by atoms with Crippen molar-refractivity contribution in [2.45, 2.75) is 57.5 Å². The van der Waals surface area contributed by atoms with Crippen molar-refractivity contribution >= 4 is 38.3 Å². The molecule has 2 amide bonds. The number of piperidine rings is 1. The Morgan fingerprint density at radius 1 is 1.05 bits per heavy atom. The van der Waals surface area contributed by atoms with E-state index in [2.05, 4.69) is 39.0 Å². The molecule has 0 radical (unpaired) electrons. The van der Waals surface area contributed by atoms with E-state index in [1.807, 2.05) is 16.3 Å². The van der Waals surface area contributed by atoms with Crippen molar-refractivity contribution in [1.82, 2.24) is 19.5 Å². The zero-order valence-electron chi connectivity index (χ0n) is 25.5. The second-order valence-electron chi connectivity index (χ2n) is 11.6. The van der Waals surface area contributed by atoms with Crippen LogP contribution < -0.4 is 14.8 Å².